The van der Waals surface area contributed by atoms with E-state index in [0.29, 0.717) is 11.5 Å². The summed E-state index contributed by atoms with van der Waals surface area (Å²) in [6.07, 6.45) is 12.9. The number of aryl methyl sites for hydroxylation is 2. The molecule has 4 heteroatoms. The summed E-state index contributed by atoms with van der Waals surface area (Å²) in [7, 11) is 0. The van der Waals surface area contributed by atoms with Gasteiger partial charge in [-0.1, -0.05) is 38.8 Å². The number of benzene rings is 4. The van der Waals surface area contributed by atoms with Crippen molar-refractivity contribution in [2.75, 3.05) is 0 Å². The van der Waals surface area contributed by atoms with Crippen LogP contribution >= 0.6 is 0 Å². The van der Waals surface area contributed by atoms with Crippen molar-refractivity contribution in [1.82, 2.24) is 0 Å². The summed E-state index contributed by atoms with van der Waals surface area (Å²) in [4.78, 5) is 28.2. The third-order valence-corrected chi connectivity index (χ3v) is 13.2. The molecule has 0 bridgehead atoms. The van der Waals surface area contributed by atoms with Crippen LogP contribution in [0.5, 0.6) is 11.5 Å². The molecule has 2 aliphatic rings. The van der Waals surface area contributed by atoms with E-state index in [1.54, 1.807) is 0 Å². The molecule has 4 nitrogen and oxygen atoms in total. The molecular formula is C50H62O4. The Labute approximate surface area is 325 Å². The molecule has 0 atom stereocenters. The minimum absolute atomic E-state index is 0.214. The quantitative estimate of drug-likeness (QED) is 0.114. The molecule has 2 aliphatic carbocycles. The highest BCUT2D eigenvalue weighted by Crippen LogP contribution is 2.47. The minimum Gasteiger partial charge on any atom is -0.426 e. The van der Waals surface area contributed by atoms with Crippen molar-refractivity contribution in [3.05, 3.63) is 113 Å². The average Bonchev–Trinajstić information content (AvgIpc) is 3.17. The van der Waals surface area contributed by atoms with Gasteiger partial charge in [-0.05, 0) is 221 Å². The maximum absolute atomic E-state index is 14.1. The van der Waals surface area contributed by atoms with Gasteiger partial charge in [0.2, 0.25) is 0 Å². The number of fused-ring (bicyclic) bond motifs is 2. The molecule has 0 fully saturated rings. The molecule has 6 rings (SSSR count). The van der Waals surface area contributed by atoms with E-state index in [9.17, 15) is 9.59 Å². The number of hydrogen-bond acceptors (Lipinski definition) is 4. The lowest BCUT2D eigenvalue weighted by molar-refractivity contribution is -0.134. The molecule has 0 amide bonds. The first-order valence-corrected chi connectivity index (χ1v) is 20.7. The molecule has 286 valence electrons. The predicted octanol–water partition coefficient (Wildman–Crippen LogP) is 11.8. The van der Waals surface area contributed by atoms with E-state index in [-0.39, 0.29) is 24.8 Å². The minimum atomic E-state index is -0.258. The number of rotatable bonds is 11. The van der Waals surface area contributed by atoms with Gasteiger partial charge in [0, 0.05) is 11.1 Å². The van der Waals surface area contributed by atoms with E-state index in [0.717, 1.165) is 99.3 Å². The van der Waals surface area contributed by atoms with Crippen molar-refractivity contribution in [2.45, 2.75) is 159 Å². The van der Waals surface area contributed by atoms with E-state index in [4.69, 9.17) is 9.47 Å². The molecule has 0 radical (unpaired) electrons. The number of carbonyl (C=O) groups excluding carboxylic acids is 2. The second-order valence-corrected chi connectivity index (χ2v) is 16.3. The van der Waals surface area contributed by atoms with Gasteiger partial charge in [-0.15, -0.1) is 0 Å². The molecule has 0 aliphatic heterocycles. The van der Waals surface area contributed by atoms with E-state index in [2.05, 4.69) is 81.4 Å². The molecule has 54 heavy (non-hydrogen) atoms. The summed E-state index contributed by atoms with van der Waals surface area (Å²) in [5, 5.41) is 0. The summed E-state index contributed by atoms with van der Waals surface area (Å²) in [6.45, 7) is 21.8. The summed E-state index contributed by atoms with van der Waals surface area (Å²) in [5.74, 6) is 0.638. The fraction of sp³-hybridized carbons (Fsp3) is 0.480. The van der Waals surface area contributed by atoms with Crippen LogP contribution in [0, 0.1) is 55.4 Å². The lowest BCUT2D eigenvalue weighted by atomic mass is 9.80. The molecule has 4 aromatic rings. The first-order chi connectivity index (χ1) is 25.9. The Morgan fingerprint density at radius 2 is 0.778 bits per heavy atom. The van der Waals surface area contributed by atoms with Crippen LogP contribution in [0.15, 0.2) is 24.3 Å². The highest BCUT2D eigenvalue weighted by atomic mass is 16.5. The van der Waals surface area contributed by atoms with Crippen LogP contribution in [0.1, 0.15) is 141 Å². The summed E-state index contributed by atoms with van der Waals surface area (Å²) in [6, 6.07) is 8.32. The van der Waals surface area contributed by atoms with Gasteiger partial charge in [-0.25, -0.2) is 0 Å². The van der Waals surface area contributed by atoms with Crippen molar-refractivity contribution in [3.8, 4) is 22.6 Å². The highest BCUT2D eigenvalue weighted by molar-refractivity contribution is 5.89. The van der Waals surface area contributed by atoms with Crippen LogP contribution < -0.4 is 9.47 Å². The monoisotopic (exact) mass is 726 g/mol. The zero-order valence-corrected chi connectivity index (χ0v) is 34.8. The van der Waals surface area contributed by atoms with Crippen LogP contribution in [0.25, 0.3) is 11.1 Å². The Balaban J connectivity index is 1.42. The third-order valence-electron chi connectivity index (χ3n) is 13.2. The van der Waals surface area contributed by atoms with Crippen molar-refractivity contribution >= 4 is 11.9 Å². The first kappa shape index (κ1) is 39.5. The first-order valence-electron chi connectivity index (χ1n) is 20.7. The Morgan fingerprint density at radius 1 is 0.463 bits per heavy atom. The summed E-state index contributed by atoms with van der Waals surface area (Å²) < 4.78 is 13.0. The maximum Gasteiger partial charge on any atom is 0.315 e. The zero-order chi connectivity index (χ0) is 38.8. The summed E-state index contributed by atoms with van der Waals surface area (Å²) in [5.41, 5.74) is 21.8. The van der Waals surface area contributed by atoms with Gasteiger partial charge in [0.25, 0.3) is 0 Å². The Bertz CT molecular complexity index is 1900. The molecule has 0 saturated carbocycles. The SMILES string of the molecule is CCCc1c(C)c(C)c(CC(=O)Oc2ccc3c(c2-c2c(OC(=O)Cc4c(C)c(C)c(CCC)c(C)c4C)ccc4c2CCCC4)CCCC3)c(C)c1C. The topological polar surface area (TPSA) is 52.6 Å². The lowest BCUT2D eigenvalue weighted by Crippen LogP contribution is -2.18. The van der Waals surface area contributed by atoms with Gasteiger partial charge < -0.3 is 9.47 Å². The Hall–Kier alpha value is -4.18. The average molecular weight is 727 g/mol. The number of hydrogen-bond donors (Lipinski definition) is 0. The maximum atomic E-state index is 14.1. The van der Waals surface area contributed by atoms with Gasteiger partial charge in [0.1, 0.15) is 11.5 Å². The van der Waals surface area contributed by atoms with Gasteiger partial charge in [0.15, 0.2) is 0 Å². The number of esters is 2. The normalized spacial score (nSPS) is 13.7. The lowest BCUT2D eigenvalue weighted by Gasteiger charge is -2.27. The van der Waals surface area contributed by atoms with E-state index >= 15 is 0 Å². The van der Waals surface area contributed by atoms with Crippen LogP contribution in [0.3, 0.4) is 0 Å². The molecule has 0 heterocycles. The predicted molar refractivity (Wildman–Crippen MR) is 223 cm³/mol. The van der Waals surface area contributed by atoms with Crippen molar-refractivity contribution < 1.29 is 19.1 Å². The largest absolute Gasteiger partial charge is 0.426 e. The summed E-state index contributed by atoms with van der Waals surface area (Å²) >= 11 is 0. The van der Waals surface area contributed by atoms with E-state index in [1.165, 1.54) is 77.9 Å². The molecule has 0 N–H and O–H groups in total. The standard InChI is InChI=1S/C50H62O4/c1-11-17-39-29(3)33(7)43(34(8)30(39)4)27-47(51)53-45-25-23-37-19-13-15-21-41(37)49(45)50-42-22-16-14-20-38(42)24-26-46(50)54-48(52)28-44-35(9)31(5)40(18-12-2)32(6)36(44)10/h23-26H,11-22,27-28H2,1-10H3. The third kappa shape index (κ3) is 7.55. The smallest absolute Gasteiger partial charge is 0.315 e. The van der Waals surface area contributed by atoms with Crippen LogP contribution in [-0.4, -0.2) is 11.9 Å². The van der Waals surface area contributed by atoms with Gasteiger partial charge in [-0.2, -0.15) is 0 Å². The zero-order valence-electron chi connectivity index (χ0n) is 34.8. The molecule has 0 saturated heterocycles. The number of carbonyl (C=O) groups is 2. The molecular weight excluding hydrogens is 665 g/mol. The van der Waals surface area contributed by atoms with Gasteiger partial charge in [0.05, 0.1) is 12.8 Å². The van der Waals surface area contributed by atoms with E-state index < -0.39 is 0 Å². The van der Waals surface area contributed by atoms with Crippen molar-refractivity contribution in [2.24, 2.45) is 0 Å². The molecule has 0 unspecified atom stereocenters. The Morgan fingerprint density at radius 3 is 1.11 bits per heavy atom. The second kappa shape index (κ2) is 16.7. The van der Waals surface area contributed by atoms with Crippen LogP contribution in [-0.2, 0) is 61.0 Å². The van der Waals surface area contributed by atoms with Crippen molar-refractivity contribution in [1.29, 1.82) is 0 Å². The number of ether oxygens (including phenoxy) is 2. The molecule has 0 aromatic heterocycles. The van der Waals surface area contributed by atoms with Gasteiger partial charge in [-0.3, -0.25) is 9.59 Å². The van der Waals surface area contributed by atoms with Gasteiger partial charge >= 0.3 is 11.9 Å². The van der Waals surface area contributed by atoms with Crippen LogP contribution in [0.2, 0.25) is 0 Å². The Kier molecular flexibility index (Phi) is 12.2. The fourth-order valence-electron chi connectivity index (χ4n) is 9.65. The fourth-order valence-corrected chi connectivity index (χ4v) is 9.65. The van der Waals surface area contributed by atoms with Crippen molar-refractivity contribution in [3.63, 3.8) is 0 Å². The van der Waals surface area contributed by atoms with Crippen LogP contribution in [0.4, 0.5) is 0 Å². The second-order valence-electron chi connectivity index (χ2n) is 16.3. The molecule has 4 aromatic carbocycles. The highest BCUT2D eigenvalue weighted by Gasteiger charge is 2.29. The van der Waals surface area contributed by atoms with E-state index in [1.807, 2.05) is 12.1 Å². The molecule has 0 spiro atoms.